The average Bonchev–Trinajstić information content (AvgIpc) is 2.11. The first kappa shape index (κ1) is 11.0. The van der Waals surface area contributed by atoms with Crippen LogP contribution < -0.4 is 0 Å². The van der Waals surface area contributed by atoms with Crippen LogP contribution in [0, 0.1) is 5.82 Å². The minimum Gasteiger partial charge on any atom is -0.395 e. The van der Waals surface area contributed by atoms with Gasteiger partial charge in [-0.25, -0.2) is 4.39 Å². The van der Waals surface area contributed by atoms with Crippen LogP contribution >= 0.6 is 27.7 Å². The van der Waals surface area contributed by atoms with E-state index in [-0.39, 0.29) is 17.7 Å². The molecule has 0 fully saturated rings. The van der Waals surface area contributed by atoms with Gasteiger partial charge in [0.2, 0.25) is 0 Å². The van der Waals surface area contributed by atoms with E-state index in [1.807, 2.05) is 6.92 Å². The maximum atomic E-state index is 13.1. The van der Waals surface area contributed by atoms with Gasteiger partial charge in [0.05, 0.1) is 6.61 Å². The Kier molecular flexibility index (Phi) is 4.22. The molecule has 0 saturated carbocycles. The van der Waals surface area contributed by atoms with Gasteiger partial charge in [0.25, 0.3) is 0 Å². The molecule has 13 heavy (non-hydrogen) atoms. The van der Waals surface area contributed by atoms with E-state index in [4.69, 9.17) is 5.11 Å². The summed E-state index contributed by atoms with van der Waals surface area (Å²) in [5.41, 5.74) is 0. The van der Waals surface area contributed by atoms with Crippen molar-refractivity contribution >= 4 is 27.7 Å². The van der Waals surface area contributed by atoms with Gasteiger partial charge in [0.1, 0.15) is 5.82 Å². The molecular formula is C9H10BrFOS. The van der Waals surface area contributed by atoms with Crippen molar-refractivity contribution in [3.05, 3.63) is 28.5 Å². The van der Waals surface area contributed by atoms with Crippen LogP contribution in [0.25, 0.3) is 0 Å². The average molecular weight is 265 g/mol. The second-order valence-corrected chi connectivity index (χ2v) is 5.08. The molecule has 1 unspecified atom stereocenters. The Bertz CT molecular complexity index is 293. The van der Waals surface area contributed by atoms with Crippen LogP contribution in [0.2, 0.25) is 0 Å². The van der Waals surface area contributed by atoms with Crippen LogP contribution in [0.5, 0.6) is 0 Å². The predicted octanol–water partition coefficient (Wildman–Crippen LogP) is 3.06. The van der Waals surface area contributed by atoms with E-state index < -0.39 is 0 Å². The Labute approximate surface area is 89.5 Å². The number of aliphatic hydroxyl groups is 1. The number of rotatable bonds is 3. The van der Waals surface area contributed by atoms with Gasteiger partial charge in [-0.2, -0.15) is 0 Å². The molecule has 1 nitrogen and oxygen atoms in total. The van der Waals surface area contributed by atoms with Gasteiger partial charge >= 0.3 is 0 Å². The van der Waals surface area contributed by atoms with Crippen LogP contribution in [0.15, 0.2) is 27.6 Å². The highest BCUT2D eigenvalue weighted by atomic mass is 79.9. The van der Waals surface area contributed by atoms with Gasteiger partial charge < -0.3 is 5.11 Å². The van der Waals surface area contributed by atoms with Crippen molar-refractivity contribution in [1.29, 1.82) is 0 Å². The zero-order valence-corrected chi connectivity index (χ0v) is 9.53. The Hall–Kier alpha value is -0.0600. The molecule has 1 rings (SSSR count). The first-order valence-electron chi connectivity index (χ1n) is 3.86. The molecular weight excluding hydrogens is 255 g/mol. The van der Waals surface area contributed by atoms with Crippen LogP contribution in [0.1, 0.15) is 6.92 Å². The Morgan fingerprint density at radius 1 is 1.62 bits per heavy atom. The molecule has 0 saturated heterocycles. The highest BCUT2D eigenvalue weighted by Gasteiger charge is 2.07. The molecule has 72 valence electrons. The number of benzene rings is 1. The smallest absolute Gasteiger partial charge is 0.136 e. The number of aliphatic hydroxyl groups excluding tert-OH is 1. The minimum absolute atomic E-state index is 0.0174. The lowest BCUT2D eigenvalue weighted by atomic mass is 10.3. The second-order valence-electron chi connectivity index (χ2n) is 2.69. The van der Waals surface area contributed by atoms with Crippen molar-refractivity contribution in [2.75, 3.05) is 6.61 Å². The Morgan fingerprint density at radius 2 is 2.31 bits per heavy atom. The molecule has 0 amide bonds. The number of thioether (sulfide) groups is 1. The van der Waals surface area contributed by atoms with Crippen LogP contribution in [0.4, 0.5) is 4.39 Å². The summed E-state index contributed by atoms with van der Waals surface area (Å²) in [6.45, 7) is 1.90. The van der Waals surface area contributed by atoms with Gasteiger partial charge in [0, 0.05) is 14.6 Å². The molecule has 0 aliphatic carbocycles. The van der Waals surface area contributed by atoms with E-state index in [0.29, 0.717) is 4.90 Å². The lowest BCUT2D eigenvalue weighted by molar-refractivity contribution is 0.300. The third-order valence-corrected chi connectivity index (χ3v) is 3.09. The molecule has 1 atom stereocenters. The lowest BCUT2D eigenvalue weighted by Crippen LogP contribution is -2.02. The van der Waals surface area contributed by atoms with E-state index in [2.05, 4.69) is 15.9 Å². The molecule has 0 aliphatic rings. The molecule has 0 heterocycles. The number of halogens is 2. The highest BCUT2D eigenvalue weighted by molar-refractivity contribution is 9.10. The van der Waals surface area contributed by atoms with Gasteiger partial charge in [-0.1, -0.05) is 22.9 Å². The number of hydrogen-bond acceptors (Lipinski definition) is 2. The molecule has 4 heteroatoms. The quantitative estimate of drug-likeness (QED) is 0.847. The summed E-state index contributed by atoms with van der Waals surface area (Å²) in [6, 6.07) is 4.78. The lowest BCUT2D eigenvalue weighted by Gasteiger charge is -2.08. The van der Waals surface area contributed by atoms with Crippen LogP contribution in [0.3, 0.4) is 0 Å². The molecule has 1 aromatic rings. The summed E-state index contributed by atoms with van der Waals surface area (Å²) < 4.78 is 14.0. The highest BCUT2D eigenvalue weighted by Crippen LogP contribution is 2.28. The third-order valence-electron chi connectivity index (χ3n) is 1.48. The van der Waals surface area contributed by atoms with Gasteiger partial charge in [-0.3, -0.25) is 0 Å². The number of hydrogen-bond donors (Lipinski definition) is 1. The maximum Gasteiger partial charge on any atom is 0.136 e. The van der Waals surface area contributed by atoms with E-state index >= 15 is 0 Å². The summed E-state index contributed by atoms with van der Waals surface area (Å²) in [4.78, 5) is 0.566. The summed E-state index contributed by atoms with van der Waals surface area (Å²) in [6.07, 6.45) is 0. The van der Waals surface area contributed by atoms with Crippen molar-refractivity contribution < 1.29 is 9.50 Å². The van der Waals surface area contributed by atoms with Crippen molar-refractivity contribution in [2.24, 2.45) is 0 Å². The largest absolute Gasteiger partial charge is 0.395 e. The van der Waals surface area contributed by atoms with E-state index in [0.717, 1.165) is 4.47 Å². The SMILES string of the molecule is CC(CO)Sc1cc(Br)ccc1F. The third kappa shape index (κ3) is 3.29. The van der Waals surface area contributed by atoms with Crippen molar-refractivity contribution in [3.8, 4) is 0 Å². The summed E-state index contributed by atoms with van der Waals surface area (Å²) in [5, 5.41) is 8.82. The van der Waals surface area contributed by atoms with Crippen LogP contribution in [-0.4, -0.2) is 17.0 Å². The second kappa shape index (κ2) is 4.98. The first-order chi connectivity index (χ1) is 6.13. The van der Waals surface area contributed by atoms with Crippen molar-refractivity contribution in [1.82, 2.24) is 0 Å². The minimum atomic E-state index is -0.242. The molecule has 0 aromatic heterocycles. The van der Waals surface area contributed by atoms with Gasteiger partial charge in [-0.15, -0.1) is 11.8 Å². The van der Waals surface area contributed by atoms with E-state index in [1.54, 1.807) is 12.1 Å². The zero-order chi connectivity index (χ0) is 9.84. The van der Waals surface area contributed by atoms with Crippen LogP contribution in [-0.2, 0) is 0 Å². The molecule has 0 bridgehead atoms. The maximum absolute atomic E-state index is 13.1. The topological polar surface area (TPSA) is 20.2 Å². The van der Waals surface area contributed by atoms with E-state index in [1.165, 1.54) is 17.8 Å². The molecule has 1 aromatic carbocycles. The standard InChI is InChI=1S/C9H10BrFOS/c1-6(5-12)13-9-4-7(10)2-3-8(9)11/h2-4,6,12H,5H2,1H3. The van der Waals surface area contributed by atoms with E-state index in [9.17, 15) is 4.39 Å². The normalized spacial score (nSPS) is 12.9. The first-order valence-corrected chi connectivity index (χ1v) is 5.53. The predicted molar refractivity (Wildman–Crippen MR) is 56.5 cm³/mol. The summed E-state index contributed by atoms with van der Waals surface area (Å²) >= 11 is 4.59. The Balaban J connectivity index is 2.81. The molecule has 0 aliphatic heterocycles. The fraction of sp³-hybridized carbons (Fsp3) is 0.333. The van der Waals surface area contributed by atoms with Crippen molar-refractivity contribution in [2.45, 2.75) is 17.1 Å². The molecule has 0 spiro atoms. The fourth-order valence-electron chi connectivity index (χ4n) is 0.822. The van der Waals surface area contributed by atoms with Gasteiger partial charge in [0.15, 0.2) is 0 Å². The zero-order valence-electron chi connectivity index (χ0n) is 7.13. The Morgan fingerprint density at radius 3 is 2.92 bits per heavy atom. The summed E-state index contributed by atoms with van der Waals surface area (Å²) in [7, 11) is 0. The fourth-order valence-corrected chi connectivity index (χ4v) is 2.22. The monoisotopic (exact) mass is 264 g/mol. The van der Waals surface area contributed by atoms with Crippen molar-refractivity contribution in [3.63, 3.8) is 0 Å². The molecule has 1 N–H and O–H groups in total. The van der Waals surface area contributed by atoms with Gasteiger partial charge in [-0.05, 0) is 18.2 Å². The summed E-state index contributed by atoms with van der Waals surface area (Å²) in [5.74, 6) is -0.242. The molecule has 0 radical (unpaired) electrons.